The van der Waals surface area contributed by atoms with Gasteiger partial charge in [0.25, 0.3) is 0 Å². The molecule has 2 aromatic carbocycles. The predicted molar refractivity (Wildman–Crippen MR) is 102 cm³/mol. The Hall–Kier alpha value is -1.64. The van der Waals surface area contributed by atoms with Crippen LogP contribution in [0.25, 0.3) is 0 Å². The van der Waals surface area contributed by atoms with E-state index in [0.29, 0.717) is 22.5 Å². The van der Waals surface area contributed by atoms with Gasteiger partial charge in [0.15, 0.2) is 0 Å². The summed E-state index contributed by atoms with van der Waals surface area (Å²) in [6, 6.07) is 14.7. The van der Waals surface area contributed by atoms with Gasteiger partial charge in [-0.05, 0) is 54.7 Å². The Morgan fingerprint density at radius 2 is 1.79 bits per heavy atom. The molecule has 0 saturated carbocycles. The minimum Gasteiger partial charge on any atom is -0.513 e. The fraction of sp³-hybridized carbons (Fsp3) is 0.300. The molecule has 2 nitrogen and oxygen atoms in total. The first-order chi connectivity index (χ1) is 11.5. The molecule has 126 valence electrons. The second-order valence-electron chi connectivity index (χ2n) is 6.35. The molecule has 0 radical (unpaired) electrons. The van der Waals surface area contributed by atoms with Crippen LogP contribution >= 0.6 is 23.2 Å². The fourth-order valence-electron chi connectivity index (χ4n) is 3.35. The normalized spacial score (nSPS) is 17.2. The maximum atomic E-state index is 9.49. The van der Waals surface area contributed by atoms with Gasteiger partial charge in [-0.15, -0.1) is 0 Å². The molecule has 1 unspecified atom stereocenters. The highest BCUT2D eigenvalue weighted by molar-refractivity contribution is 6.42. The third kappa shape index (κ3) is 4.06. The van der Waals surface area contributed by atoms with E-state index in [1.807, 2.05) is 18.2 Å². The number of nitrogens with zero attached hydrogens (tertiary/aromatic N) is 1. The van der Waals surface area contributed by atoms with Crippen molar-refractivity contribution in [2.75, 3.05) is 11.4 Å². The minimum atomic E-state index is 0.267. The molecule has 2 aromatic rings. The molecule has 0 aliphatic carbocycles. The second kappa shape index (κ2) is 7.50. The fourth-order valence-corrected chi connectivity index (χ4v) is 3.67. The SMILES string of the molecule is C=C(O)CC1CCCN1c1ccc(Cc2ccc(Cl)c(Cl)c2)cc1. The smallest absolute Gasteiger partial charge is 0.0871 e. The van der Waals surface area contributed by atoms with E-state index in [0.717, 1.165) is 31.4 Å². The van der Waals surface area contributed by atoms with Crippen molar-refractivity contribution in [1.29, 1.82) is 0 Å². The first-order valence-corrected chi connectivity index (χ1v) is 8.95. The summed E-state index contributed by atoms with van der Waals surface area (Å²) in [4.78, 5) is 2.37. The molecule has 3 rings (SSSR count). The van der Waals surface area contributed by atoms with Crippen LogP contribution in [0.5, 0.6) is 0 Å². The van der Waals surface area contributed by atoms with Crippen LogP contribution in [-0.4, -0.2) is 17.7 Å². The van der Waals surface area contributed by atoms with Gasteiger partial charge in [-0.3, -0.25) is 0 Å². The summed E-state index contributed by atoms with van der Waals surface area (Å²) in [5, 5.41) is 10.7. The van der Waals surface area contributed by atoms with E-state index in [2.05, 4.69) is 35.7 Å². The number of aliphatic hydroxyl groups is 1. The van der Waals surface area contributed by atoms with Crippen LogP contribution in [0.4, 0.5) is 5.69 Å². The third-order valence-corrected chi connectivity index (χ3v) is 5.25. The molecule has 1 fully saturated rings. The van der Waals surface area contributed by atoms with E-state index in [9.17, 15) is 5.11 Å². The number of benzene rings is 2. The average Bonchev–Trinajstić information content (AvgIpc) is 2.99. The van der Waals surface area contributed by atoms with Gasteiger partial charge in [0.1, 0.15) is 0 Å². The topological polar surface area (TPSA) is 23.5 Å². The van der Waals surface area contributed by atoms with Crippen molar-refractivity contribution in [2.24, 2.45) is 0 Å². The maximum Gasteiger partial charge on any atom is 0.0871 e. The number of hydrogen-bond donors (Lipinski definition) is 1. The molecule has 1 aliphatic heterocycles. The van der Waals surface area contributed by atoms with Crippen molar-refractivity contribution in [2.45, 2.75) is 31.7 Å². The highest BCUT2D eigenvalue weighted by Crippen LogP contribution is 2.29. The van der Waals surface area contributed by atoms with Crippen LogP contribution in [0.2, 0.25) is 10.0 Å². The molecule has 0 spiro atoms. The molecule has 0 bridgehead atoms. The van der Waals surface area contributed by atoms with Gasteiger partial charge in [0.05, 0.1) is 15.8 Å². The molecule has 1 N–H and O–H groups in total. The third-order valence-electron chi connectivity index (χ3n) is 4.51. The number of rotatable bonds is 5. The van der Waals surface area contributed by atoms with Gasteiger partial charge in [-0.2, -0.15) is 0 Å². The molecule has 0 aromatic heterocycles. The first-order valence-electron chi connectivity index (χ1n) is 8.19. The molecule has 4 heteroatoms. The Kier molecular flexibility index (Phi) is 5.37. The van der Waals surface area contributed by atoms with E-state index in [1.165, 1.54) is 11.3 Å². The highest BCUT2D eigenvalue weighted by atomic mass is 35.5. The van der Waals surface area contributed by atoms with Crippen LogP contribution in [0, 0.1) is 0 Å². The second-order valence-corrected chi connectivity index (χ2v) is 7.17. The van der Waals surface area contributed by atoms with E-state index >= 15 is 0 Å². The van der Waals surface area contributed by atoms with Gasteiger partial charge in [-0.1, -0.05) is 48.0 Å². The molecule has 1 heterocycles. The number of halogens is 2. The summed E-state index contributed by atoms with van der Waals surface area (Å²) in [5.74, 6) is 0.267. The number of hydrogen-bond acceptors (Lipinski definition) is 2. The lowest BCUT2D eigenvalue weighted by Crippen LogP contribution is -2.29. The number of anilines is 1. The lowest BCUT2D eigenvalue weighted by Gasteiger charge is -2.26. The summed E-state index contributed by atoms with van der Waals surface area (Å²) < 4.78 is 0. The summed E-state index contributed by atoms with van der Waals surface area (Å²) in [6.45, 7) is 4.66. The average molecular weight is 362 g/mol. The zero-order valence-corrected chi connectivity index (χ0v) is 15.0. The first kappa shape index (κ1) is 17.2. The molecule has 0 amide bonds. The monoisotopic (exact) mass is 361 g/mol. The number of aliphatic hydroxyl groups excluding tert-OH is 1. The van der Waals surface area contributed by atoms with Crippen LogP contribution in [0.1, 0.15) is 30.4 Å². The van der Waals surface area contributed by atoms with E-state index < -0.39 is 0 Å². The Bertz CT molecular complexity index is 727. The van der Waals surface area contributed by atoms with E-state index in [1.54, 1.807) is 0 Å². The van der Waals surface area contributed by atoms with Crippen molar-refractivity contribution < 1.29 is 5.11 Å². The lowest BCUT2D eigenvalue weighted by molar-refractivity contribution is 0.376. The van der Waals surface area contributed by atoms with Crippen LogP contribution in [0.3, 0.4) is 0 Å². The Balaban J connectivity index is 1.70. The minimum absolute atomic E-state index is 0.267. The van der Waals surface area contributed by atoms with Gasteiger partial charge in [0, 0.05) is 24.7 Å². The van der Waals surface area contributed by atoms with Gasteiger partial charge >= 0.3 is 0 Å². The van der Waals surface area contributed by atoms with Crippen molar-refractivity contribution in [1.82, 2.24) is 0 Å². The molecular formula is C20H21Cl2NO. The van der Waals surface area contributed by atoms with Crippen LogP contribution < -0.4 is 4.90 Å². The quantitative estimate of drug-likeness (QED) is 0.658. The largest absolute Gasteiger partial charge is 0.513 e. The van der Waals surface area contributed by atoms with Crippen LogP contribution in [-0.2, 0) is 6.42 Å². The predicted octanol–water partition coefficient (Wildman–Crippen LogP) is 6.01. The summed E-state index contributed by atoms with van der Waals surface area (Å²) in [5.41, 5.74) is 3.59. The van der Waals surface area contributed by atoms with Crippen molar-refractivity contribution >= 4 is 28.9 Å². The maximum absolute atomic E-state index is 9.49. The molecular weight excluding hydrogens is 341 g/mol. The van der Waals surface area contributed by atoms with Crippen LogP contribution in [0.15, 0.2) is 54.8 Å². The summed E-state index contributed by atoms with van der Waals surface area (Å²) in [7, 11) is 0. The van der Waals surface area contributed by atoms with E-state index in [-0.39, 0.29) is 5.76 Å². The Morgan fingerprint density at radius 3 is 2.46 bits per heavy atom. The van der Waals surface area contributed by atoms with Crippen molar-refractivity contribution in [3.05, 3.63) is 76.0 Å². The van der Waals surface area contributed by atoms with Gasteiger partial charge < -0.3 is 10.0 Å². The molecule has 1 atom stereocenters. The Labute approximate surface area is 153 Å². The highest BCUT2D eigenvalue weighted by Gasteiger charge is 2.25. The van der Waals surface area contributed by atoms with Gasteiger partial charge in [0.2, 0.25) is 0 Å². The summed E-state index contributed by atoms with van der Waals surface area (Å²) in [6.07, 6.45) is 3.73. The zero-order chi connectivity index (χ0) is 17.1. The summed E-state index contributed by atoms with van der Waals surface area (Å²) >= 11 is 12.0. The zero-order valence-electron chi connectivity index (χ0n) is 13.5. The molecule has 1 aliphatic rings. The van der Waals surface area contributed by atoms with Crippen molar-refractivity contribution in [3.8, 4) is 0 Å². The van der Waals surface area contributed by atoms with Gasteiger partial charge in [-0.25, -0.2) is 0 Å². The van der Waals surface area contributed by atoms with E-state index in [4.69, 9.17) is 23.2 Å². The lowest BCUT2D eigenvalue weighted by atomic mass is 10.0. The molecule has 1 saturated heterocycles. The van der Waals surface area contributed by atoms with Crippen molar-refractivity contribution in [3.63, 3.8) is 0 Å². The molecule has 24 heavy (non-hydrogen) atoms. The standard InChI is InChI=1S/C20H21Cl2NO/c1-14(24)11-18-3-2-10-23(18)17-7-4-15(5-8-17)12-16-6-9-19(21)20(22)13-16/h4-9,13,18,24H,1-3,10-12H2. The Morgan fingerprint density at radius 1 is 1.08 bits per heavy atom.